The minimum absolute atomic E-state index is 0.972. The summed E-state index contributed by atoms with van der Waals surface area (Å²) < 4.78 is 0. The molecule has 42 heavy (non-hydrogen) atoms. The van der Waals surface area contributed by atoms with E-state index in [-0.39, 0.29) is 0 Å². The van der Waals surface area contributed by atoms with Crippen molar-refractivity contribution in [3.8, 4) is 44.8 Å². The van der Waals surface area contributed by atoms with Crippen molar-refractivity contribution in [3.63, 3.8) is 0 Å². The Balaban J connectivity index is 1.46. The van der Waals surface area contributed by atoms with E-state index in [1.165, 1.54) is 33.0 Å². The van der Waals surface area contributed by atoms with Crippen LogP contribution in [0.5, 0.6) is 0 Å². The highest BCUT2D eigenvalue weighted by atomic mass is 14.7. The maximum atomic E-state index is 5.07. The number of aromatic nitrogens is 2. The van der Waals surface area contributed by atoms with Gasteiger partial charge in [0, 0.05) is 21.9 Å². The Hall–Kier alpha value is -5.60. The molecule has 0 aliphatic carbocycles. The smallest absolute Gasteiger partial charge is 0.0715 e. The molecule has 0 fully saturated rings. The van der Waals surface area contributed by atoms with Gasteiger partial charge in [-0.2, -0.15) is 0 Å². The number of fused-ring (bicyclic) bond motifs is 3. The first-order chi connectivity index (χ1) is 20.8. The number of nitrogens with zero attached hydrogens (tertiary/aromatic N) is 2. The normalized spacial score (nSPS) is 11.3. The largest absolute Gasteiger partial charge is 0.248 e. The van der Waals surface area contributed by atoms with Gasteiger partial charge in [-0.1, -0.05) is 133 Å². The molecule has 6 aromatic carbocycles. The summed E-state index contributed by atoms with van der Waals surface area (Å²) in [6.07, 6.45) is 0. The number of pyridine rings is 2. The maximum Gasteiger partial charge on any atom is 0.0715 e. The van der Waals surface area contributed by atoms with Crippen LogP contribution in [-0.2, 0) is 0 Å². The summed E-state index contributed by atoms with van der Waals surface area (Å²) in [5.74, 6) is 0. The molecule has 8 rings (SSSR count). The highest BCUT2D eigenvalue weighted by Crippen LogP contribution is 2.42. The summed E-state index contributed by atoms with van der Waals surface area (Å²) >= 11 is 0. The summed E-state index contributed by atoms with van der Waals surface area (Å²) in [6, 6.07) is 55.6. The summed E-state index contributed by atoms with van der Waals surface area (Å²) in [6.45, 7) is 0. The zero-order valence-corrected chi connectivity index (χ0v) is 22.9. The average molecular weight is 535 g/mol. The summed E-state index contributed by atoms with van der Waals surface area (Å²) in [4.78, 5) is 10.1. The molecular formula is C40H26N2. The third-order valence-corrected chi connectivity index (χ3v) is 8.06. The number of hydrogen-bond donors (Lipinski definition) is 0. The van der Waals surface area contributed by atoms with E-state index in [0.29, 0.717) is 0 Å². The van der Waals surface area contributed by atoms with Gasteiger partial charge in [0.15, 0.2) is 0 Å². The molecule has 0 amide bonds. The minimum Gasteiger partial charge on any atom is -0.248 e. The van der Waals surface area contributed by atoms with Gasteiger partial charge in [0.05, 0.1) is 22.4 Å². The van der Waals surface area contributed by atoms with Gasteiger partial charge in [-0.25, -0.2) is 9.97 Å². The molecule has 0 aliphatic heterocycles. The Morgan fingerprint density at radius 3 is 1.24 bits per heavy atom. The molecule has 196 valence electrons. The van der Waals surface area contributed by atoms with E-state index in [2.05, 4.69) is 146 Å². The van der Waals surface area contributed by atoms with Crippen molar-refractivity contribution in [2.45, 2.75) is 0 Å². The third-order valence-electron chi connectivity index (χ3n) is 8.06. The highest BCUT2D eigenvalue weighted by Gasteiger charge is 2.17. The van der Waals surface area contributed by atoms with Crippen LogP contribution >= 0.6 is 0 Å². The zero-order chi connectivity index (χ0) is 27.9. The van der Waals surface area contributed by atoms with Crippen LogP contribution in [0, 0.1) is 0 Å². The van der Waals surface area contributed by atoms with E-state index in [4.69, 9.17) is 9.97 Å². The van der Waals surface area contributed by atoms with Gasteiger partial charge in [0.25, 0.3) is 0 Å². The van der Waals surface area contributed by atoms with E-state index in [9.17, 15) is 0 Å². The number of rotatable bonds is 4. The van der Waals surface area contributed by atoms with E-state index < -0.39 is 0 Å². The monoisotopic (exact) mass is 534 g/mol. The molecule has 0 radical (unpaired) electrons. The minimum atomic E-state index is 0.972. The fraction of sp³-hybridized carbons (Fsp3) is 0. The number of hydrogen-bond acceptors (Lipinski definition) is 2. The van der Waals surface area contributed by atoms with Crippen LogP contribution in [-0.4, -0.2) is 9.97 Å². The van der Waals surface area contributed by atoms with Crippen molar-refractivity contribution in [3.05, 3.63) is 158 Å². The Kier molecular flexibility index (Phi) is 5.82. The molecule has 0 N–H and O–H groups in total. The summed E-state index contributed by atoms with van der Waals surface area (Å²) in [5, 5.41) is 4.72. The number of benzene rings is 6. The van der Waals surface area contributed by atoms with Crippen molar-refractivity contribution in [2.75, 3.05) is 0 Å². The third kappa shape index (κ3) is 4.13. The lowest BCUT2D eigenvalue weighted by Crippen LogP contribution is -1.93. The SMILES string of the molecule is c1ccc(-c2cc(-c3cccc4cccc(-c5cc(-c6ccccc6)nc6ccccc56)c34)c3ccccc3n2)cc1. The van der Waals surface area contributed by atoms with Gasteiger partial charge < -0.3 is 0 Å². The Labute approximate surface area is 244 Å². The van der Waals surface area contributed by atoms with Gasteiger partial charge in [-0.05, 0) is 57.3 Å². The molecule has 0 atom stereocenters. The van der Waals surface area contributed by atoms with Crippen LogP contribution in [0.2, 0.25) is 0 Å². The van der Waals surface area contributed by atoms with Gasteiger partial charge in [-0.15, -0.1) is 0 Å². The fourth-order valence-electron chi connectivity index (χ4n) is 6.10. The lowest BCUT2D eigenvalue weighted by Gasteiger charge is -2.17. The predicted molar refractivity (Wildman–Crippen MR) is 176 cm³/mol. The van der Waals surface area contributed by atoms with Crippen LogP contribution in [0.3, 0.4) is 0 Å². The van der Waals surface area contributed by atoms with Gasteiger partial charge in [0.2, 0.25) is 0 Å². The predicted octanol–water partition coefficient (Wildman–Crippen LogP) is 10.6. The Bertz CT molecular complexity index is 2080. The average Bonchev–Trinajstić information content (AvgIpc) is 3.07. The molecule has 0 saturated carbocycles. The molecular weight excluding hydrogens is 508 g/mol. The van der Waals surface area contributed by atoms with Crippen molar-refractivity contribution >= 4 is 32.6 Å². The second-order valence-corrected chi connectivity index (χ2v) is 10.6. The van der Waals surface area contributed by atoms with Gasteiger partial charge >= 0.3 is 0 Å². The Morgan fingerprint density at radius 1 is 0.333 bits per heavy atom. The Morgan fingerprint density at radius 2 is 0.762 bits per heavy atom. The number of para-hydroxylation sites is 2. The second kappa shape index (κ2) is 10.1. The first kappa shape index (κ1) is 24.2. The van der Waals surface area contributed by atoms with Crippen LogP contribution in [0.4, 0.5) is 0 Å². The molecule has 8 aromatic rings. The van der Waals surface area contributed by atoms with E-state index in [1.54, 1.807) is 0 Å². The van der Waals surface area contributed by atoms with E-state index >= 15 is 0 Å². The molecule has 0 bridgehead atoms. The molecule has 0 spiro atoms. The van der Waals surface area contributed by atoms with Gasteiger partial charge in [0.1, 0.15) is 0 Å². The molecule has 0 saturated heterocycles. The molecule has 0 unspecified atom stereocenters. The second-order valence-electron chi connectivity index (χ2n) is 10.6. The summed E-state index contributed by atoms with van der Waals surface area (Å²) in [5.41, 5.74) is 10.9. The lowest BCUT2D eigenvalue weighted by molar-refractivity contribution is 1.40. The van der Waals surface area contributed by atoms with Crippen molar-refractivity contribution in [2.24, 2.45) is 0 Å². The standard InChI is InChI=1S/C40H26N2/c1-3-13-27(14-4-1)38-25-34(30-19-7-9-23-36(30)41-38)32-21-11-17-29-18-12-22-33(40(29)32)35-26-39(28-15-5-2-6-16-28)42-37-24-10-8-20-31(35)37/h1-26H. The van der Waals surface area contributed by atoms with Crippen LogP contribution in [0.1, 0.15) is 0 Å². The maximum absolute atomic E-state index is 5.07. The van der Waals surface area contributed by atoms with E-state index in [1.807, 2.05) is 12.1 Å². The van der Waals surface area contributed by atoms with Crippen LogP contribution in [0.25, 0.3) is 77.3 Å². The van der Waals surface area contributed by atoms with Crippen molar-refractivity contribution in [1.82, 2.24) is 9.97 Å². The zero-order valence-electron chi connectivity index (χ0n) is 22.9. The quantitative estimate of drug-likeness (QED) is 0.224. The van der Waals surface area contributed by atoms with E-state index in [0.717, 1.165) is 44.3 Å². The van der Waals surface area contributed by atoms with Gasteiger partial charge in [-0.3, -0.25) is 0 Å². The fourth-order valence-corrected chi connectivity index (χ4v) is 6.10. The van der Waals surface area contributed by atoms with Crippen LogP contribution < -0.4 is 0 Å². The first-order valence-corrected chi connectivity index (χ1v) is 14.3. The van der Waals surface area contributed by atoms with Crippen LogP contribution in [0.15, 0.2) is 158 Å². The molecule has 2 aromatic heterocycles. The lowest BCUT2D eigenvalue weighted by atomic mass is 9.88. The molecule has 0 aliphatic rings. The topological polar surface area (TPSA) is 25.8 Å². The molecule has 2 nitrogen and oxygen atoms in total. The first-order valence-electron chi connectivity index (χ1n) is 14.3. The van der Waals surface area contributed by atoms with Crippen molar-refractivity contribution < 1.29 is 0 Å². The molecule has 2 heterocycles. The van der Waals surface area contributed by atoms with Crippen molar-refractivity contribution in [1.29, 1.82) is 0 Å². The highest BCUT2D eigenvalue weighted by molar-refractivity contribution is 6.14. The molecule has 2 heteroatoms. The summed E-state index contributed by atoms with van der Waals surface area (Å²) in [7, 11) is 0.